The summed E-state index contributed by atoms with van der Waals surface area (Å²) in [5.74, 6) is -0.473. The number of hydrogen-bond acceptors (Lipinski definition) is 6. The third-order valence-electron chi connectivity index (χ3n) is 5.46. The van der Waals surface area contributed by atoms with Crippen molar-refractivity contribution in [2.75, 3.05) is 19.0 Å². The van der Waals surface area contributed by atoms with Crippen molar-refractivity contribution in [3.05, 3.63) is 90.1 Å². The molecule has 0 spiro atoms. The Balaban J connectivity index is 1.50. The summed E-state index contributed by atoms with van der Waals surface area (Å²) in [4.78, 5) is 8.32. The summed E-state index contributed by atoms with van der Waals surface area (Å²) in [6, 6.07) is 24.9. The van der Waals surface area contributed by atoms with Gasteiger partial charge in [-0.15, -0.1) is 11.8 Å². The Morgan fingerprint density at radius 1 is 1.00 bits per heavy atom. The summed E-state index contributed by atoms with van der Waals surface area (Å²) in [5, 5.41) is 15.3. The van der Waals surface area contributed by atoms with Crippen molar-refractivity contribution in [2.45, 2.75) is 16.6 Å². The fourth-order valence-electron chi connectivity index (χ4n) is 3.73. The molecule has 1 aliphatic rings. The molecular weight excluding hydrogens is 420 g/mol. The predicted molar refractivity (Wildman–Crippen MR) is 124 cm³/mol. The van der Waals surface area contributed by atoms with E-state index in [1.54, 1.807) is 0 Å². The zero-order valence-corrected chi connectivity index (χ0v) is 18.6. The lowest BCUT2D eigenvalue weighted by Gasteiger charge is -2.18. The number of nitrogens with zero attached hydrogens (tertiary/aromatic N) is 4. The van der Waals surface area contributed by atoms with Crippen LogP contribution in [-0.4, -0.2) is 25.1 Å². The lowest BCUT2D eigenvalue weighted by molar-refractivity contribution is -0.670. The van der Waals surface area contributed by atoms with E-state index in [-0.39, 0.29) is 5.25 Å². The topological polar surface area (TPSA) is 68.6 Å². The number of fused-ring (bicyclic) bond motifs is 1. The van der Waals surface area contributed by atoms with Crippen molar-refractivity contribution < 1.29 is 14.3 Å². The van der Waals surface area contributed by atoms with Crippen molar-refractivity contribution in [2.24, 2.45) is 4.99 Å². The van der Waals surface area contributed by atoms with E-state index in [1.807, 2.05) is 42.1 Å². The molecule has 0 saturated carbocycles. The monoisotopic (exact) mass is 442 g/mol. The average Bonchev–Trinajstić information content (AvgIpc) is 3.15. The molecule has 160 valence electrons. The summed E-state index contributed by atoms with van der Waals surface area (Å²) >= 11 is 1.86. The van der Waals surface area contributed by atoms with Crippen LogP contribution in [0.3, 0.4) is 0 Å². The first-order valence-corrected chi connectivity index (χ1v) is 11.2. The molecule has 0 aliphatic carbocycles. The predicted octanol–water partition coefficient (Wildman–Crippen LogP) is 4.45. The lowest BCUT2D eigenvalue weighted by atomic mass is 10.0. The maximum Gasteiger partial charge on any atom is 0.239 e. The van der Waals surface area contributed by atoms with Crippen LogP contribution in [0.2, 0.25) is 0 Å². The molecule has 3 aromatic carbocycles. The van der Waals surface area contributed by atoms with Gasteiger partial charge in [-0.2, -0.15) is 0 Å². The Hall–Kier alpha value is -3.58. The number of benzene rings is 3. The van der Waals surface area contributed by atoms with Crippen LogP contribution in [0.1, 0.15) is 22.8 Å². The highest BCUT2D eigenvalue weighted by molar-refractivity contribution is 7.99. The Morgan fingerprint density at radius 2 is 1.75 bits per heavy atom. The highest BCUT2D eigenvalue weighted by atomic mass is 32.2. The van der Waals surface area contributed by atoms with E-state index < -0.39 is 5.95 Å². The maximum atomic E-state index is 11.3. The maximum absolute atomic E-state index is 11.3. The van der Waals surface area contributed by atoms with E-state index in [0.717, 1.165) is 29.1 Å². The van der Waals surface area contributed by atoms with E-state index in [0.29, 0.717) is 0 Å². The molecule has 1 unspecified atom stereocenters. The number of rotatable bonds is 4. The quantitative estimate of drug-likeness (QED) is 0.437. The normalized spacial score (nSPS) is 15.6. The van der Waals surface area contributed by atoms with Crippen molar-refractivity contribution in [3.8, 4) is 11.6 Å². The fraction of sp³-hybridized carbons (Fsp3) is 0.160. The number of aromatic nitrogens is 2. The highest BCUT2D eigenvalue weighted by Crippen LogP contribution is 2.45. The SMILES string of the molecule is CN(C)c1ccc(C2CC(c3ccc(-[n+]4cc([O-])on4)cc3)=Nc3ccccc3S2)cc1. The Kier molecular flexibility index (Phi) is 5.41. The molecule has 1 aromatic heterocycles. The van der Waals surface area contributed by atoms with Gasteiger partial charge in [0.15, 0.2) is 0 Å². The summed E-state index contributed by atoms with van der Waals surface area (Å²) < 4.78 is 6.07. The molecule has 0 radical (unpaired) electrons. The van der Waals surface area contributed by atoms with Gasteiger partial charge in [-0.05, 0) is 52.2 Å². The Morgan fingerprint density at radius 3 is 2.44 bits per heavy atom. The van der Waals surface area contributed by atoms with Gasteiger partial charge in [0.2, 0.25) is 11.9 Å². The summed E-state index contributed by atoms with van der Waals surface area (Å²) in [7, 11) is 4.10. The molecule has 1 aliphatic heterocycles. The van der Waals surface area contributed by atoms with Gasteiger partial charge in [-0.1, -0.05) is 24.3 Å². The largest absolute Gasteiger partial charge is 0.539 e. The van der Waals surface area contributed by atoms with Crippen molar-refractivity contribution >= 4 is 28.8 Å². The van der Waals surface area contributed by atoms with Crippen LogP contribution >= 0.6 is 11.8 Å². The molecule has 5 rings (SSSR count). The highest BCUT2D eigenvalue weighted by Gasteiger charge is 2.23. The van der Waals surface area contributed by atoms with E-state index in [9.17, 15) is 5.11 Å². The molecule has 6 nitrogen and oxygen atoms in total. The molecule has 0 N–H and O–H groups in total. The van der Waals surface area contributed by atoms with E-state index in [1.165, 1.54) is 27.0 Å². The zero-order valence-electron chi connectivity index (χ0n) is 17.8. The van der Waals surface area contributed by atoms with Crippen molar-refractivity contribution in [1.29, 1.82) is 0 Å². The second-order valence-corrected chi connectivity index (χ2v) is 9.08. The fourth-order valence-corrected chi connectivity index (χ4v) is 4.96. The minimum absolute atomic E-state index is 0.251. The lowest BCUT2D eigenvalue weighted by Crippen LogP contribution is -2.31. The molecule has 2 heterocycles. The standard InChI is InChI=1S/C25H22N4O2S/c1-28(2)19-11-9-18(10-12-19)24-15-22(26-21-5-3-4-6-23(21)32-24)17-7-13-20(14-8-17)29-16-25(30)31-27-29/h3-14,16,24H,15H2,1-2H3. The molecule has 32 heavy (non-hydrogen) atoms. The number of aliphatic imine (C=N–C) groups is 1. The molecule has 4 aromatic rings. The summed E-state index contributed by atoms with van der Waals surface area (Å²) in [6.07, 6.45) is 2.13. The van der Waals surface area contributed by atoms with Gasteiger partial charge >= 0.3 is 0 Å². The first-order chi connectivity index (χ1) is 15.6. The average molecular weight is 443 g/mol. The summed E-state index contributed by atoms with van der Waals surface area (Å²) in [6.45, 7) is 0. The van der Waals surface area contributed by atoms with Gasteiger partial charge in [-0.25, -0.2) is 0 Å². The molecular formula is C25H22N4O2S. The van der Waals surface area contributed by atoms with Gasteiger partial charge in [0, 0.05) is 54.2 Å². The van der Waals surface area contributed by atoms with Crippen LogP contribution in [0.25, 0.3) is 5.69 Å². The molecule has 0 bridgehead atoms. The molecule has 0 fully saturated rings. The number of hydrogen-bond donors (Lipinski definition) is 0. The van der Waals surface area contributed by atoms with Gasteiger partial charge in [0.05, 0.1) is 11.0 Å². The second-order valence-electron chi connectivity index (χ2n) is 7.84. The third kappa shape index (κ3) is 4.11. The molecule has 7 heteroatoms. The second kappa shape index (κ2) is 8.51. The van der Waals surface area contributed by atoms with Crippen LogP contribution in [0.4, 0.5) is 11.4 Å². The van der Waals surface area contributed by atoms with Gasteiger partial charge in [0.1, 0.15) is 5.95 Å². The van der Waals surface area contributed by atoms with Gasteiger partial charge < -0.3 is 14.5 Å². The number of anilines is 1. The van der Waals surface area contributed by atoms with E-state index >= 15 is 0 Å². The van der Waals surface area contributed by atoms with Crippen LogP contribution in [0.15, 0.2) is 93.4 Å². The number of thioether (sulfide) groups is 1. The van der Waals surface area contributed by atoms with Gasteiger partial charge in [0.25, 0.3) is 0 Å². The van der Waals surface area contributed by atoms with Crippen molar-refractivity contribution in [3.63, 3.8) is 0 Å². The number of para-hydroxylation sites is 1. The summed E-state index contributed by atoms with van der Waals surface area (Å²) in [5.41, 5.74) is 6.30. The Labute approximate surface area is 190 Å². The van der Waals surface area contributed by atoms with Crippen LogP contribution in [0.5, 0.6) is 5.95 Å². The molecule has 1 atom stereocenters. The van der Waals surface area contributed by atoms with Crippen LogP contribution < -0.4 is 14.7 Å². The van der Waals surface area contributed by atoms with E-state index in [4.69, 9.17) is 4.99 Å². The zero-order chi connectivity index (χ0) is 22.1. The van der Waals surface area contributed by atoms with Crippen LogP contribution in [-0.2, 0) is 0 Å². The van der Waals surface area contributed by atoms with Crippen molar-refractivity contribution in [1.82, 2.24) is 5.27 Å². The van der Waals surface area contributed by atoms with E-state index in [2.05, 4.69) is 71.3 Å². The molecule has 0 amide bonds. The smallest absolute Gasteiger partial charge is 0.239 e. The third-order valence-corrected chi connectivity index (χ3v) is 6.78. The Bertz CT molecular complexity index is 1260. The molecule has 0 saturated heterocycles. The first kappa shape index (κ1) is 20.3. The minimum Gasteiger partial charge on any atom is -0.539 e. The van der Waals surface area contributed by atoms with Gasteiger partial charge in [-0.3, -0.25) is 4.99 Å². The van der Waals surface area contributed by atoms with Crippen LogP contribution in [0, 0.1) is 0 Å². The first-order valence-electron chi connectivity index (χ1n) is 10.3. The minimum atomic E-state index is -0.473.